The summed E-state index contributed by atoms with van der Waals surface area (Å²) in [5.74, 6) is 4.32. The Hall–Kier alpha value is -2.41. The van der Waals surface area contributed by atoms with E-state index in [2.05, 4.69) is 10.1 Å². The van der Waals surface area contributed by atoms with Gasteiger partial charge in [0.05, 0.1) is 12.7 Å². The number of benzene rings is 1. The molecular weight excluding hydrogens is 326 g/mol. The molecule has 0 amide bonds. The predicted molar refractivity (Wildman–Crippen MR) is 94.5 cm³/mol. The van der Waals surface area contributed by atoms with Crippen LogP contribution in [-0.4, -0.2) is 52.6 Å². The number of amidine groups is 1. The molecule has 7 heteroatoms. The highest BCUT2D eigenvalue weighted by Crippen LogP contribution is 2.26. The van der Waals surface area contributed by atoms with Gasteiger partial charge in [0, 0.05) is 30.8 Å². The Morgan fingerprint density at radius 1 is 1.17 bits per heavy atom. The van der Waals surface area contributed by atoms with E-state index in [1.54, 1.807) is 19.4 Å². The minimum Gasteiger partial charge on any atom is -0.497 e. The number of rotatable bonds is 4. The van der Waals surface area contributed by atoms with Crippen LogP contribution < -0.4 is 9.47 Å². The third-order valence-electron chi connectivity index (χ3n) is 3.69. The highest BCUT2D eigenvalue weighted by Gasteiger charge is 2.21. The van der Waals surface area contributed by atoms with Crippen LogP contribution in [0.4, 0.5) is 0 Å². The molecule has 0 spiro atoms. The van der Waals surface area contributed by atoms with Crippen molar-refractivity contribution >= 4 is 17.6 Å². The fourth-order valence-corrected chi connectivity index (χ4v) is 3.36. The van der Waals surface area contributed by atoms with Gasteiger partial charge < -0.3 is 19.6 Å². The van der Waals surface area contributed by atoms with Gasteiger partial charge in [-0.2, -0.15) is 11.8 Å². The highest BCUT2D eigenvalue weighted by atomic mass is 32.2. The summed E-state index contributed by atoms with van der Waals surface area (Å²) in [6, 6.07) is 10.9. The van der Waals surface area contributed by atoms with Crippen molar-refractivity contribution in [1.29, 1.82) is 0 Å². The molecule has 2 aromatic rings. The minimum absolute atomic E-state index is 0.411. The Kier molecular flexibility index (Phi) is 5.43. The summed E-state index contributed by atoms with van der Waals surface area (Å²) in [4.78, 5) is 6.35. The second kappa shape index (κ2) is 7.92. The smallest absolute Gasteiger partial charge is 0.230 e. The van der Waals surface area contributed by atoms with Crippen LogP contribution in [0.3, 0.4) is 0 Å². The van der Waals surface area contributed by atoms with Crippen LogP contribution in [0.25, 0.3) is 0 Å². The number of oxime groups is 1. The quantitative estimate of drug-likeness (QED) is 0.398. The van der Waals surface area contributed by atoms with Gasteiger partial charge >= 0.3 is 0 Å². The first-order valence-corrected chi connectivity index (χ1v) is 8.79. The second-order valence-corrected chi connectivity index (χ2v) is 6.38. The summed E-state index contributed by atoms with van der Waals surface area (Å²) in [5, 5.41) is 13.0. The first kappa shape index (κ1) is 16.4. The van der Waals surface area contributed by atoms with Crippen LogP contribution in [0.15, 0.2) is 47.8 Å². The molecule has 2 heterocycles. The van der Waals surface area contributed by atoms with Gasteiger partial charge in [0.25, 0.3) is 0 Å². The van der Waals surface area contributed by atoms with E-state index in [-0.39, 0.29) is 0 Å². The molecule has 3 rings (SSSR count). The summed E-state index contributed by atoms with van der Waals surface area (Å²) < 4.78 is 11.0. The van der Waals surface area contributed by atoms with Crippen molar-refractivity contribution in [3.05, 3.63) is 48.2 Å². The molecule has 1 aromatic carbocycles. The third-order valence-corrected chi connectivity index (χ3v) is 4.63. The van der Waals surface area contributed by atoms with Gasteiger partial charge in [-0.25, -0.2) is 4.98 Å². The predicted octanol–water partition coefficient (Wildman–Crippen LogP) is 3.07. The molecule has 126 valence electrons. The van der Waals surface area contributed by atoms with Crippen molar-refractivity contribution in [3.63, 3.8) is 0 Å². The van der Waals surface area contributed by atoms with Gasteiger partial charge in [-0.05, 0) is 36.4 Å². The summed E-state index contributed by atoms with van der Waals surface area (Å²) in [6.45, 7) is 1.67. The maximum Gasteiger partial charge on any atom is 0.230 e. The fraction of sp³-hybridized carbons (Fsp3) is 0.294. The number of nitrogens with zero attached hydrogens (tertiary/aromatic N) is 3. The lowest BCUT2D eigenvalue weighted by molar-refractivity contribution is 0.303. The zero-order valence-electron chi connectivity index (χ0n) is 13.4. The number of pyridine rings is 1. The van der Waals surface area contributed by atoms with E-state index in [1.807, 2.05) is 47.0 Å². The molecule has 1 N–H and O–H groups in total. The van der Waals surface area contributed by atoms with E-state index in [0.717, 1.165) is 30.3 Å². The number of hydrogen-bond donors (Lipinski definition) is 1. The molecule has 0 unspecified atom stereocenters. The zero-order chi connectivity index (χ0) is 16.8. The number of ether oxygens (including phenoxy) is 2. The van der Waals surface area contributed by atoms with Gasteiger partial charge in [0.1, 0.15) is 11.5 Å². The lowest BCUT2D eigenvalue weighted by atomic mass is 10.2. The zero-order valence-corrected chi connectivity index (χ0v) is 14.2. The van der Waals surface area contributed by atoms with Crippen molar-refractivity contribution < 1.29 is 14.7 Å². The molecule has 1 aromatic heterocycles. The molecule has 24 heavy (non-hydrogen) atoms. The molecule has 0 radical (unpaired) electrons. The van der Waals surface area contributed by atoms with Crippen LogP contribution in [0.2, 0.25) is 0 Å². The van der Waals surface area contributed by atoms with Crippen LogP contribution in [0.5, 0.6) is 17.4 Å². The van der Waals surface area contributed by atoms with E-state index in [4.69, 9.17) is 9.47 Å². The standard InChI is InChI=1S/C17H19N3O3S/c1-22-13-4-6-14(7-5-13)23-17-15(3-2-8-18-17)16(19-21)20-9-11-24-12-10-20/h2-8,21H,9-12H2,1H3/b19-16-. The minimum atomic E-state index is 0.411. The van der Waals surface area contributed by atoms with Crippen LogP contribution in [0.1, 0.15) is 5.56 Å². The van der Waals surface area contributed by atoms with Crippen molar-refractivity contribution in [2.24, 2.45) is 5.16 Å². The molecule has 1 fully saturated rings. The molecule has 6 nitrogen and oxygen atoms in total. The maximum atomic E-state index is 9.53. The second-order valence-electron chi connectivity index (χ2n) is 5.16. The fourth-order valence-electron chi connectivity index (χ4n) is 2.46. The average molecular weight is 345 g/mol. The van der Waals surface area contributed by atoms with Crippen molar-refractivity contribution in [2.45, 2.75) is 0 Å². The lowest BCUT2D eigenvalue weighted by Gasteiger charge is -2.29. The lowest BCUT2D eigenvalue weighted by Crippen LogP contribution is -2.38. The molecule has 1 aliphatic heterocycles. The van der Waals surface area contributed by atoms with Crippen molar-refractivity contribution in [1.82, 2.24) is 9.88 Å². The van der Waals surface area contributed by atoms with E-state index >= 15 is 0 Å². The summed E-state index contributed by atoms with van der Waals surface area (Å²) in [5.41, 5.74) is 0.669. The van der Waals surface area contributed by atoms with Gasteiger partial charge in [-0.1, -0.05) is 5.16 Å². The molecule has 0 aliphatic carbocycles. The Morgan fingerprint density at radius 2 is 1.88 bits per heavy atom. The van der Waals surface area contributed by atoms with E-state index < -0.39 is 0 Å². The first-order chi connectivity index (χ1) is 11.8. The molecule has 0 bridgehead atoms. The van der Waals surface area contributed by atoms with Gasteiger partial charge in [-0.3, -0.25) is 0 Å². The van der Waals surface area contributed by atoms with E-state index in [0.29, 0.717) is 23.0 Å². The Labute approximate surface area is 145 Å². The first-order valence-electron chi connectivity index (χ1n) is 7.64. The van der Waals surface area contributed by atoms with Crippen molar-refractivity contribution in [3.8, 4) is 17.4 Å². The SMILES string of the molecule is COc1ccc(Oc2ncccc2/C(=N/O)N2CCSCC2)cc1. The Bertz CT molecular complexity index is 700. The van der Waals surface area contributed by atoms with Gasteiger partial charge in [-0.15, -0.1) is 0 Å². The molecular formula is C17H19N3O3S. The van der Waals surface area contributed by atoms with E-state index in [1.165, 1.54) is 0 Å². The molecule has 1 saturated heterocycles. The summed E-state index contributed by atoms with van der Waals surface area (Å²) in [6.07, 6.45) is 1.66. The molecule has 1 aliphatic rings. The van der Waals surface area contributed by atoms with Crippen LogP contribution in [-0.2, 0) is 0 Å². The van der Waals surface area contributed by atoms with Gasteiger partial charge in [0.15, 0.2) is 5.84 Å². The molecule has 0 atom stereocenters. The highest BCUT2D eigenvalue weighted by molar-refractivity contribution is 7.99. The maximum absolute atomic E-state index is 9.53. The van der Waals surface area contributed by atoms with E-state index in [9.17, 15) is 5.21 Å². The van der Waals surface area contributed by atoms with Crippen LogP contribution >= 0.6 is 11.8 Å². The summed E-state index contributed by atoms with van der Waals surface area (Å²) in [7, 11) is 1.62. The van der Waals surface area contributed by atoms with Crippen molar-refractivity contribution in [2.75, 3.05) is 31.7 Å². The third kappa shape index (κ3) is 3.73. The van der Waals surface area contributed by atoms with Crippen LogP contribution in [0, 0.1) is 0 Å². The number of aromatic nitrogens is 1. The topological polar surface area (TPSA) is 67.2 Å². The number of methoxy groups -OCH3 is 1. The largest absolute Gasteiger partial charge is 0.497 e. The monoisotopic (exact) mass is 345 g/mol. The van der Waals surface area contributed by atoms with Gasteiger partial charge in [0.2, 0.25) is 5.88 Å². The molecule has 0 saturated carbocycles. The average Bonchev–Trinajstić information content (AvgIpc) is 2.65. The Morgan fingerprint density at radius 3 is 2.54 bits per heavy atom. The number of thioether (sulfide) groups is 1. The normalized spacial score (nSPS) is 15.2. The number of hydrogen-bond acceptors (Lipinski definition) is 6. The Balaban J connectivity index is 1.86. The summed E-state index contributed by atoms with van der Waals surface area (Å²) >= 11 is 1.89.